The Balaban J connectivity index is 1.48. The average Bonchev–Trinajstić information content (AvgIpc) is 2.78. The number of benzene rings is 2. The van der Waals surface area contributed by atoms with Crippen molar-refractivity contribution in [1.29, 1.82) is 0 Å². The van der Waals surface area contributed by atoms with Gasteiger partial charge in [0.05, 0.1) is 12.8 Å². The van der Waals surface area contributed by atoms with Crippen molar-refractivity contribution >= 4 is 5.69 Å². The van der Waals surface area contributed by atoms with Crippen LogP contribution in [0.2, 0.25) is 0 Å². The second kappa shape index (κ2) is 8.53. The molecule has 5 nitrogen and oxygen atoms in total. The Morgan fingerprint density at radius 1 is 0.897 bits per heavy atom. The largest absolute Gasteiger partial charge is 0.495 e. The normalized spacial score (nSPS) is 14.8. The summed E-state index contributed by atoms with van der Waals surface area (Å²) in [6.45, 7) is 4.33. The minimum Gasteiger partial charge on any atom is -0.495 e. The van der Waals surface area contributed by atoms with Gasteiger partial charge < -0.3 is 14.2 Å². The van der Waals surface area contributed by atoms with Crippen LogP contribution in [0.1, 0.15) is 5.56 Å². The summed E-state index contributed by atoms with van der Waals surface area (Å²) in [4.78, 5) is 17.4. The topological polar surface area (TPSA) is 37.7 Å². The lowest BCUT2D eigenvalue weighted by Crippen LogP contribution is -2.46. The molecule has 1 aromatic heterocycles. The SMILES string of the molecule is COc1ccccc1N1CCN(Cc2cc(-c3ccccc3)cn(C)c2=O)CC1. The van der Waals surface area contributed by atoms with E-state index in [1.807, 2.05) is 55.7 Å². The number of para-hydroxylation sites is 2. The van der Waals surface area contributed by atoms with Crippen molar-refractivity contribution in [3.05, 3.63) is 82.8 Å². The smallest absolute Gasteiger partial charge is 0.254 e. The number of hydrogen-bond acceptors (Lipinski definition) is 4. The van der Waals surface area contributed by atoms with E-state index in [0.717, 1.165) is 54.3 Å². The molecular weight excluding hydrogens is 362 g/mol. The lowest BCUT2D eigenvalue weighted by atomic mass is 10.1. The van der Waals surface area contributed by atoms with Crippen LogP contribution >= 0.6 is 0 Å². The Kier molecular flexibility index (Phi) is 5.67. The van der Waals surface area contributed by atoms with Crippen LogP contribution in [0.15, 0.2) is 71.7 Å². The molecule has 2 aromatic carbocycles. The summed E-state index contributed by atoms with van der Waals surface area (Å²) in [7, 11) is 3.54. The van der Waals surface area contributed by atoms with Crippen molar-refractivity contribution in [2.24, 2.45) is 7.05 Å². The highest BCUT2D eigenvalue weighted by atomic mass is 16.5. The summed E-state index contributed by atoms with van der Waals surface area (Å²) in [6.07, 6.45) is 1.92. The number of ether oxygens (including phenoxy) is 1. The molecule has 0 bridgehead atoms. The lowest BCUT2D eigenvalue weighted by molar-refractivity contribution is 0.248. The summed E-state index contributed by atoms with van der Waals surface area (Å²) in [5.41, 5.74) is 4.27. The number of rotatable bonds is 5. The third-order valence-electron chi connectivity index (χ3n) is 5.56. The predicted octanol–water partition coefficient (Wildman–Crippen LogP) is 3.38. The molecule has 0 radical (unpaired) electrons. The maximum atomic E-state index is 12.7. The third-order valence-corrected chi connectivity index (χ3v) is 5.56. The fourth-order valence-electron chi connectivity index (χ4n) is 3.96. The van der Waals surface area contributed by atoms with Crippen molar-refractivity contribution in [2.45, 2.75) is 6.54 Å². The molecule has 2 heterocycles. The van der Waals surface area contributed by atoms with Crippen molar-refractivity contribution in [1.82, 2.24) is 9.47 Å². The van der Waals surface area contributed by atoms with E-state index in [1.165, 1.54) is 0 Å². The number of hydrogen-bond donors (Lipinski definition) is 0. The Morgan fingerprint density at radius 3 is 2.31 bits per heavy atom. The molecule has 4 rings (SSSR count). The molecule has 1 aliphatic rings. The number of anilines is 1. The third kappa shape index (κ3) is 4.20. The van der Waals surface area contributed by atoms with Crippen LogP contribution in [-0.4, -0.2) is 42.8 Å². The van der Waals surface area contributed by atoms with Crippen LogP contribution in [0.5, 0.6) is 5.75 Å². The van der Waals surface area contributed by atoms with Crippen LogP contribution < -0.4 is 15.2 Å². The first-order chi connectivity index (χ1) is 14.2. The average molecular weight is 389 g/mol. The lowest BCUT2D eigenvalue weighted by Gasteiger charge is -2.36. The van der Waals surface area contributed by atoms with Gasteiger partial charge in [0.25, 0.3) is 5.56 Å². The predicted molar refractivity (Wildman–Crippen MR) is 118 cm³/mol. The molecule has 150 valence electrons. The molecular formula is C24H27N3O2. The van der Waals surface area contributed by atoms with Gasteiger partial charge in [-0.05, 0) is 29.3 Å². The first-order valence-corrected chi connectivity index (χ1v) is 10.0. The number of piperazine rings is 1. The molecule has 1 fully saturated rings. The van der Waals surface area contributed by atoms with Crippen molar-refractivity contribution in [3.8, 4) is 16.9 Å². The van der Waals surface area contributed by atoms with Crippen molar-refractivity contribution < 1.29 is 4.74 Å². The van der Waals surface area contributed by atoms with E-state index in [4.69, 9.17) is 4.74 Å². The van der Waals surface area contributed by atoms with Gasteiger partial charge in [-0.25, -0.2) is 0 Å². The monoisotopic (exact) mass is 389 g/mol. The van der Waals surface area contributed by atoms with Crippen LogP contribution in [0.25, 0.3) is 11.1 Å². The molecule has 0 saturated carbocycles. The highest BCUT2D eigenvalue weighted by molar-refractivity contribution is 5.63. The van der Waals surface area contributed by atoms with Crippen molar-refractivity contribution in [2.75, 3.05) is 38.2 Å². The van der Waals surface area contributed by atoms with Gasteiger partial charge in [0.15, 0.2) is 0 Å². The van der Waals surface area contributed by atoms with E-state index < -0.39 is 0 Å². The zero-order valence-electron chi connectivity index (χ0n) is 17.0. The molecule has 1 saturated heterocycles. The number of aryl methyl sites for hydroxylation is 1. The molecule has 5 heteroatoms. The van der Waals surface area contributed by atoms with Gasteiger partial charge in [0.1, 0.15) is 5.75 Å². The van der Waals surface area contributed by atoms with Crippen LogP contribution in [0.4, 0.5) is 5.69 Å². The maximum Gasteiger partial charge on any atom is 0.254 e. The van der Waals surface area contributed by atoms with Crippen LogP contribution in [-0.2, 0) is 13.6 Å². The molecule has 0 unspecified atom stereocenters. The Bertz CT molecular complexity index is 1020. The molecule has 0 atom stereocenters. The van der Waals surface area contributed by atoms with Gasteiger partial charge in [-0.2, -0.15) is 0 Å². The second-order valence-electron chi connectivity index (χ2n) is 7.47. The van der Waals surface area contributed by atoms with E-state index in [9.17, 15) is 4.79 Å². The number of methoxy groups -OCH3 is 1. The standard InChI is InChI=1S/C24H27N3O2/c1-25-17-20(19-8-4-3-5-9-19)16-21(24(25)28)18-26-12-14-27(15-13-26)22-10-6-7-11-23(22)29-2/h3-11,16-17H,12-15,18H2,1-2H3. The van der Waals surface area contributed by atoms with E-state index >= 15 is 0 Å². The Morgan fingerprint density at radius 2 is 1.59 bits per heavy atom. The van der Waals surface area contributed by atoms with Gasteiger partial charge >= 0.3 is 0 Å². The molecule has 29 heavy (non-hydrogen) atoms. The van der Waals surface area contributed by atoms with E-state index in [1.54, 1.807) is 11.7 Å². The zero-order valence-corrected chi connectivity index (χ0v) is 17.0. The first-order valence-electron chi connectivity index (χ1n) is 10.0. The molecule has 0 spiro atoms. The minimum absolute atomic E-state index is 0.0804. The fourth-order valence-corrected chi connectivity index (χ4v) is 3.96. The Labute approximate surface area is 171 Å². The van der Waals surface area contributed by atoms with Crippen molar-refractivity contribution in [3.63, 3.8) is 0 Å². The summed E-state index contributed by atoms with van der Waals surface area (Å²) in [6, 6.07) is 20.4. The van der Waals surface area contributed by atoms with E-state index in [2.05, 4.69) is 28.0 Å². The quantitative estimate of drug-likeness (QED) is 0.671. The molecule has 0 N–H and O–H groups in total. The number of aromatic nitrogens is 1. The first kappa shape index (κ1) is 19.3. The summed E-state index contributed by atoms with van der Waals surface area (Å²) in [5, 5.41) is 0. The van der Waals surface area contributed by atoms with E-state index in [0.29, 0.717) is 6.54 Å². The van der Waals surface area contributed by atoms with Gasteiger partial charge in [0.2, 0.25) is 0 Å². The summed E-state index contributed by atoms with van der Waals surface area (Å²) in [5.74, 6) is 0.908. The second-order valence-corrected chi connectivity index (χ2v) is 7.47. The zero-order chi connectivity index (χ0) is 20.2. The van der Waals surface area contributed by atoms with Gasteiger partial charge in [-0.1, -0.05) is 42.5 Å². The van der Waals surface area contributed by atoms with Gasteiger partial charge in [-0.3, -0.25) is 9.69 Å². The molecule has 0 aliphatic carbocycles. The minimum atomic E-state index is 0.0804. The number of pyridine rings is 1. The molecule has 3 aromatic rings. The maximum absolute atomic E-state index is 12.7. The Hall–Kier alpha value is -3.05. The summed E-state index contributed by atoms with van der Waals surface area (Å²) >= 11 is 0. The number of nitrogens with zero attached hydrogens (tertiary/aromatic N) is 3. The highest BCUT2D eigenvalue weighted by Crippen LogP contribution is 2.28. The van der Waals surface area contributed by atoms with Gasteiger partial charge in [0, 0.05) is 51.5 Å². The summed E-state index contributed by atoms with van der Waals surface area (Å²) < 4.78 is 7.20. The van der Waals surface area contributed by atoms with Gasteiger partial charge in [-0.15, -0.1) is 0 Å². The van der Waals surface area contributed by atoms with Crippen LogP contribution in [0.3, 0.4) is 0 Å². The molecule has 1 aliphatic heterocycles. The van der Waals surface area contributed by atoms with Crippen LogP contribution in [0, 0.1) is 0 Å². The van der Waals surface area contributed by atoms with E-state index in [-0.39, 0.29) is 5.56 Å². The fraction of sp³-hybridized carbons (Fsp3) is 0.292. The highest BCUT2D eigenvalue weighted by Gasteiger charge is 2.20. The molecule has 0 amide bonds.